The number of likely N-dealkylation sites (N-methyl/N-ethyl adjacent to an activating group) is 1. The van der Waals surface area contributed by atoms with E-state index in [2.05, 4.69) is 77.2 Å². The maximum atomic E-state index is 5.24. The number of thiocarbonyl (C=S) groups is 1. The highest BCUT2D eigenvalue weighted by Gasteiger charge is 2.23. The van der Waals surface area contributed by atoms with Gasteiger partial charge >= 0.3 is 0 Å². The zero-order valence-electron chi connectivity index (χ0n) is 16.4. The van der Waals surface area contributed by atoms with Crippen LogP contribution in [0.5, 0.6) is 0 Å². The van der Waals surface area contributed by atoms with Gasteiger partial charge in [0.25, 0.3) is 0 Å². The molecular formula is C24H25N3S2. The number of nitrogens with zero attached hydrogens (tertiary/aromatic N) is 1. The SMILES string of the molecule is CN1CS[C@H](c2ccccc2)C1.S=C1Nc2ccccc2C(c2ccccc2)N1. The van der Waals surface area contributed by atoms with Crippen molar-refractivity contribution in [2.24, 2.45) is 0 Å². The number of para-hydroxylation sites is 1. The van der Waals surface area contributed by atoms with Crippen molar-refractivity contribution in [2.75, 3.05) is 24.8 Å². The molecule has 1 saturated heterocycles. The Labute approximate surface area is 182 Å². The molecular weight excluding hydrogens is 394 g/mol. The fraction of sp³-hybridized carbons (Fsp3) is 0.208. The van der Waals surface area contributed by atoms with Gasteiger partial charge in [-0.3, -0.25) is 4.90 Å². The van der Waals surface area contributed by atoms with Gasteiger partial charge in [0.05, 0.1) is 6.04 Å². The summed E-state index contributed by atoms with van der Waals surface area (Å²) in [4.78, 5) is 2.36. The molecule has 2 aliphatic rings. The molecule has 0 radical (unpaired) electrons. The Balaban J connectivity index is 0.000000150. The zero-order valence-corrected chi connectivity index (χ0v) is 18.0. The summed E-state index contributed by atoms with van der Waals surface area (Å²) in [5, 5.41) is 7.86. The first-order valence-corrected chi connectivity index (χ1v) is 11.2. The second kappa shape index (κ2) is 9.44. The maximum Gasteiger partial charge on any atom is 0.171 e. The summed E-state index contributed by atoms with van der Waals surface area (Å²) in [7, 11) is 2.18. The monoisotopic (exact) mass is 419 g/mol. The minimum atomic E-state index is 0.140. The molecule has 1 fully saturated rings. The van der Waals surface area contributed by atoms with Gasteiger partial charge in [0.15, 0.2) is 5.11 Å². The fourth-order valence-corrected chi connectivity index (χ4v) is 5.09. The molecule has 0 aliphatic carbocycles. The average Bonchev–Trinajstić information content (AvgIpc) is 3.21. The van der Waals surface area contributed by atoms with Crippen molar-refractivity contribution < 1.29 is 0 Å². The molecule has 0 aromatic heterocycles. The molecule has 3 nitrogen and oxygen atoms in total. The van der Waals surface area contributed by atoms with Gasteiger partial charge in [-0.2, -0.15) is 0 Å². The quantitative estimate of drug-likeness (QED) is 0.540. The van der Waals surface area contributed by atoms with Crippen LogP contribution in [0.25, 0.3) is 0 Å². The predicted molar refractivity (Wildman–Crippen MR) is 128 cm³/mol. The molecule has 2 aliphatic heterocycles. The van der Waals surface area contributed by atoms with Gasteiger partial charge in [0.2, 0.25) is 0 Å². The number of benzene rings is 3. The van der Waals surface area contributed by atoms with Gasteiger partial charge in [-0.05, 0) is 36.5 Å². The lowest BCUT2D eigenvalue weighted by Gasteiger charge is -2.29. The number of anilines is 1. The van der Waals surface area contributed by atoms with E-state index in [4.69, 9.17) is 12.2 Å². The highest BCUT2D eigenvalue weighted by molar-refractivity contribution is 7.99. The van der Waals surface area contributed by atoms with Gasteiger partial charge in [-0.1, -0.05) is 78.9 Å². The smallest absolute Gasteiger partial charge is 0.171 e. The van der Waals surface area contributed by atoms with Crippen LogP contribution in [-0.4, -0.2) is 29.5 Å². The van der Waals surface area contributed by atoms with Gasteiger partial charge in [0.1, 0.15) is 0 Å². The van der Waals surface area contributed by atoms with Crippen molar-refractivity contribution in [2.45, 2.75) is 11.3 Å². The van der Waals surface area contributed by atoms with E-state index >= 15 is 0 Å². The third-order valence-electron chi connectivity index (χ3n) is 5.07. The van der Waals surface area contributed by atoms with Crippen molar-refractivity contribution in [3.63, 3.8) is 0 Å². The topological polar surface area (TPSA) is 27.3 Å². The molecule has 2 heterocycles. The van der Waals surface area contributed by atoms with E-state index in [0.717, 1.165) is 5.69 Å². The van der Waals surface area contributed by atoms with Gasteiger partial charge in [-0.25, -0.2) is 0 Å². The molecule has 5 rings (SSSR count). The van der Waals surface area contributed by atoms with Crippen molar-refractivity contribution in [1.29, 1.82) is 0 Å². The fourth-order valence-electron chi connectivity index (χ4n) is 3.61. The summed E-state index contributed by atoms with van der Waals surface area (Å²) in [5.41, 5.74) is 5.01. The Morgan fingerprint density at radius 3 is 2.14 bits per heavy atom. The summed E-state index contributed by atoms with van der Waals surface area (Å²) in [6, 6.07) is 29.5. The second-order valence-electron chi connectivity index (χ2n) is 7.26. The highest BCUT2D eigenvalue weighted by atomic mass is 32.2. The lowest BCUT2D eigenvalue weighted by atomic mass is 9.96. The molecule has 0 saturated carbocycles. The Morgan fingerprint density at radius 1 is 0.862 bits per heavy atom. The Morgan fingerprint density at radius 2 is 1.48 bits per heavy atom. The van der Waals surface area contributed by atoms with Crippen LogP contribution in [0.1, 0.15) is 28.0 Å². The number of nitrogens with one attached hydrogen (secondary N) is 2. The highest BCUT2D eigenvalue weighted by Crippen LogP contribution is 2.35. The summed E-state index contributed by atoms with van der Waals surface area (Å²) in [6.07, 6.45) is 0. The van der Waals surface area contributed by atoms with Crippen LogP contribution in [-0.2, 0) is 0 Å². The van der Waals surface area contributed by atoms with Crippen LogP contribution >= 0.6 is 24.0 Å². The first-order chi connectivity index (χ1) is 14.2. The van der Waals surface area contributed by atoms with E-state index in [0.29, 0.717) is 10.4 Å². The van der Waals surface area contributed by atoms with E-state index in [1.165, 1.54) is 29.1 Å². The van der Waals surface area contributed by atoms with Gasteiger partial charge in [0, 0.05) is 28.9 Å². The molecule has 5 heteroatoms. The summed E-state index contributed by atoms with van der Waals surface area (Å²) in [5.74, 6) is 1.17. The Bertz CT molecular complexity index is 947. The van der Waals surface area contributed by atoms with Gasteiger partial charge < -0.3 is 10.6 Å². The maximum absolute atomic E-state index is 5.24. The molecule has 0 spiro atoms. The average molecular weight is 420 g/mol. The molecule has 1 unspecified atom stereocenters. The number of hydrogen-bond donors (Lipinski definition) is 2. The van der Waals surface area contributed by atoms with Crippen LogP contribution in [0.3, 0.4) is 0 Å². The number of fused-ring (bicyclic) bond motifs is 1. The van der Waals surface area contributed by atoms with E-state index in [1.54, 1.807) is 0 Å². The predicted octanol–water partition coefficient (Wildman–Crippen LogP) is 5.44. The largest absolute Gasteiger partial charge is 0.351 e. The molecule has 148 valence electrons. The van der Waals surface area contributed by atoms with Crippen LogP contribution < -0.4 is 10.6 Å². The Kier molecular flexibility index (Phi) is 6.49. The minimum absolute atomic E-state index is 0.140. The van der Waals surface area contributed by atoms with Crippen molar-refractivity contribution in [1.82, 2.24) is 10.2 Å². The van der Waals surface area contributed by atoms with Crippen LogP contribution in [0, 0.1) is 0 Å². The normalized spacial score (nSPS) is 20.7. The lowest BCUT2D eigenvalue weighted by molar-refractivity contribution is 0.418. The third kappa shape index (κ3) is 4.99. The molecule has 0 amide bonds. The molecule has 3 aromatic carbocycles. The van der Waals surface area contributed by atoms with E-state index < -0.39 is 0 Å². The first-order valence-electron chi connectivity index (χ1n) is 9.77. The van der Waals surface area contributed by atoms with Crippen LogP contribution in [0.4, 0.5) is 5.69 Å². The number of rotatable bonds is 2. The number of thioether (sulfide) groups is 1. The molecule has 2 atom stereocenters. The van der Waals surface area contributed by atoms with Crippen molar-refractivity contribution >= 4 is 34.8 Å². The first kappa shape index (κ1) is 20.0. The molecule has 29 heavy (non-hydrogen) atoms. The molecule has 0 bridgehead atoms. The zero-order chi connectivity index (χ0) is 20.1. The summed E-state index contributed by atoms with van der Waals surface area (Å²) in [6.45, 7) is 1.19. The Hall–Kier alpha value is -2.34. The number of hydrogen-bond acceptors (Lipinski definition) is 3. The van der Waals surface area contributed by atoms with Crippen molar-refractivity contribution in [3.05, 3.63) is 102 Å². The second-order valence-corrected chi connectivity index (χ2v) is 8.83. The standard InChI is InChI=1S/C14H12N2S.C10H13NS/c17-14-15-12-9-5-4-8-11(12)13(16-14)10-6-2-1-3-7-10;1-11-7-10(12-8-11)9-5-3-2-4-6-9/h1-9,13H,(H2,15,16,17);2-6,10H,7-8H2,1H3/t;10-/m.0/s1. The lowest BCUT2D eigenvalue weighted by Crippen LogP contribution is -2.37. The van der Waals surface area contributed by atoms with E-state index in [-0.39, 0.29) is 6.04 Å². The summed E-state index contributed by atoms with van der Waals surface area (Å²) >= 11 is 7.27. The summed E-state index contributed by atoms with van der Waals surface area (Å²) < 4.78 is 0. The van der Waals surface area contributed by atoms with Crippen molar-refractivity contribution in [3.8, 4) is 0 Å². The van der Waals surface area contributed by atoms with Gasteiger partial charge in [-0.15, -0.1) is 11.8 Å². The van der Waals surface area contributed by atoms with E-state index in [9.17, 15) is 0 Å². The molecule has 2 N–H and O–H groups in total. The van der Waals surface area contributed by atoms with E-state index in [1.807, 2.05) is 42.1 Å². The minimum Gasteiger partial charge on any atom is -0.351 e. The molecule has 3 aromatic rings. The van der Waals surface area contributed by atoms with Crippen LogP contribution in [0.2, 0.25) is 0 Å². The van der Waals surface area contributed by atoms with Crippen LogP contribution in [0.15, 0.2) is 84.9 Å². The third-order valence-corrected chi connectivity index (χ3v) is 6.71.